The van der Waals surface area contributed by atoms with E-state index in [0.29, 0.717) is 30.8 Å². The van der Waals surface area contributed by atoms with Crippen molar-refractivity contribution in [2.45, 2.75) is 37.9 Å². The van der Waals surface area contributed by atoms with Crippen molar-refractivity contribution in [1.29, 1.82) is 0 Å². The summed E-state index contributed by atoms with van der Waals surface area (Å²) in [5, 5.41) is 0. The van der Waals surface area contributed by atoms with Crippen molar-refractivity contribution >= 4 is 30.1 Å². The van der Waals surface area contributed by atoms with Gasteiger partial charge >= 0.3 is 5.97 Å². The van der Waals surface area contributed by atoms with E-state index >= 15 is 0 Å². The number of hydrogen-bond acceptors (Lipinski definition) is 7. The molecule has 0 saturated heterocycles. The molecule has 0 aliphatic rings. The van der Waals surface area contributed by atoms with Crippen LogP contribution in [0.5, 0.6) is 0 Å². The van der Waals surface area contributed by atoms with E-state index in [0.717, 1.165) is 4.90 Å². The van der Waals surface area contributed by atoms with Gasteiger partial charge in [0.15, 0.2) is 0 Å². The van der Waals surface area contributed by atoms with Crippen LogP contribution >= 0.6 is 11.9 Å². The van der Waals surface area contributed by atoms with E-state index in [2.05, 4.69) is 6.58 Å². The van der Waals surface area contributed by atoms with Crippen molar-refractivity contribution in [3.05, 3.63) is 36.4 Å². The van der Waals surface area contributed by atoms with E-state index in [1.54, 1.807) is 13.8 Å². The van der Waals surface area contributed by atoms with Gasteiger partial charge in [-0.05, 0) is 57.0 Å². The Morgan fingerprint density at radius 2 is 1.88 bits per heavy atom. The maximum atomic E-state index is 11.6. The van der Waals surface area contributed by atoms with Crippen LogP contribution in [0.3, 0.4) is 0 Å². The van der Waals surface area contributed by atoms with Crippen molar-refractivity contribution in [2.24, 2.45) is 0 Å². The summed E-state index contributed by atoms with van der Waals surface area (Å²) in [6, 6.07) is 7.44. The third kappa shape index (κ3) is 7.52. The fourth-order valence-corrected chi connectivity index (χ4v) is 2.98. The van der Waals surface area contributed by atoms with Gasteiger partial charge in [-0.15, -0.1) is 0 Å². The van der Waals surface area contributed by atoms with Gasteiger partial charge in [0.25, 0.3) is 6.47 Å². The Labute approximate surface area is 147 Å². The second-order valence-electron chi connectivity index (χ2n) is 5.55. The number of nitrogens with two attached hydrogens (primary N) is 1. The minimum absolute atomic E-state index is 0.284. The molecular weight excluding hydrogens is 328 g/mol. The number of esters is 1. The standard InChI is InChI=1S/C17H24N2O4S/c1-12(2)17(21)23-14(4)10-19(9-13(3)22-11-20)24-16-7-5-15(18)6-8-16/h5-8,11,13-14H,1,9-10,18H2,2-4H3. The van der Waals surface area contributed by atoms with Crippen molar-refractivity contribution < 1.29 is 19.1 Å². The van der Waals surface area contributed by atoms with Crippen LogP contribution in [0.2, 0.25) is 0 Å². The third-order valence-electron chi connectivity index (χ3n) is 2.98. The Kier molecular flexibility index (Phi) is 8.35. The summed E-state index contributed by atoms with van der Waals surface area (Å²) in [5.41, 5.74) is 6.74. The molecule has 2 atom stereocenters. The lowest BCUT2D eigenvalue weighted by atomic mass is 10.3. The first-order valence-corrected chi connectivity index (χ1v) is 8.33. The topological polar surface area (TPSA) is 81.9 Å². The lowest BCUT2D eigenvalue weighted by Crippen LogP contribution is -2.34. The molecule has 6 nitrogen and oxygen atoms in total. The number of hydrogen-bond donors (Lipinski definition) is 1. The molecule has 24 heavy (non-hydrogen) atoms. The van der Waals surface area contributed by atoms with Crippen LogP contribution in [0.15, 0.2) is 41.3 Å². The maximum absolute atomic E-state index is 11.6. The van der Waals surface area contributed by atoms with E-state index in [-0.39, 0.29) is 12.2 Å². The SMILES string of the molecule is C=C(C)C(=O)OC(C)CN(CC(C)OC=O)Sc1ccc(N)cc1. The largest absolute Gasteiger partial charge is 0.463 e. The highest BCUT2D eigenvalue weighted by Crippen LogP contribution is 2.24. The Morgan fingerprint density at radius 3 is 2.42 bits per heavy atom. The first-order valence-electron chi connectivity index (χ1n) is 7.56. The number of carbonyl (C=O) groups excluding carboxylic acids is 2. The molecular formula is C17H24N2O4S. The molecule has 0 saturated carbocycles. The summed E-state index contributed by atoms with van der Waals surface area (Å²) in [5.74, 6) is -0.419. The highest BCUT2D eigenvalue weighted by Gasteiger charge is 2.18. The molecule has 0 bridgehead atoms. The first-order chi connectivity index (χ1) is 11.3. The van der Waals surface area contributed by atoms with E-state index in [1.165, 1.54) is 11.9 Å². The summed E-state index contributed by atoms with van der Waals surface area (Å²) in [7, 11) is 0. The minimum atomic E-state index is -0.419. The molecule has 2 N–H and O–H groups in total. The molecule has 1 aromatic rings. The molecule has 0 aliphatic heterocycles. The maximum Gasteiger partial charge on any atom is 0.333 e. The number of benzene rings is 1. The van der Waals surface area contributed by atoms with Gasteiger partial charge in [-0.2, -0.15) is 0 Å². The van der Waals surface area contributed by atoms with Crippen LogP contribution in [0.25, 0.3) is 0 Å². The Morgan fingerprint density at radius 1 is 1.29 bits per heavy atom. The van der Waals surface area contributed by atoms with E-state index in [9.17, 15) is 9.59 Å². The molecule has 0 fully saturated rings. The second-order valence-corrected chi connectivity index (χ2v) is 6.72. The molecule has 7 heteroatoms. The zero-order valence-electron chi connectivity index (χ0n) is 14.2. The van der Waals surface area contributed by atoms with E-state index in [1.807, 2.05) is 35.5 Å². The highest BCUT2D eigenvalue weighted by atomic mass is 32.2. The predicted molar refractivity (Wildman–Crippen MR) is 95.3 cm³/mol. The summed E-state index contributed by atoms with van der Waals surface area (Å²) in [6.45, 7) is 10.2. The van der Waals surface area contributed by atoms with Gasteiger partial charge in [0.2, 0.25) is 0 Å². The Bertz CT molecular complexity index is 562. The van der Waals surface area contributed by atoms with Gasteiger partial charge in [0.1, 0.15) is 12.2 Å². The molecule has 1 aromatic carbocycles. The molecule has 0 spiro atoms. The Balaban J connectivity index is 2.72. The molecule has 132 valence electrons. The summed E-state index contributed by atoms with van der Waals surface area (Å²) >= 11 is 1.48. The number of nitrogen functional groups attached to an aromatic ring is 1. The van der Waals surface area contributed by atoms with Crippen LogP contribution in [0.1, 0.15) is 20.8 Å². The number of nitrogens with zero attached hydrogens (tertiary/aromatic N) is 1. The van der Waals surface area contributed by atoms with Crippen LogP contribution in [-0.4, -0.2) is 42.0 Å². The zero-order chi connectivity index (χ0) is 18.1. The molecule has 0 heterocycles. The van der Waals surface area contributed by atoms with Gasteiger partial charge in [0.05, 0.1) is 0 Å². The van der Waals surface area contributed by atoms with Gasteiger partial charge < -0.3 is 15.2 Å². The highest BCUT2D eigenvalue weighted by molar-refractivity contribution is 7.97. The fraction of sp³-hybridized carbons (Fsp3) is 0.412. The van der Waals surface area contributed by atoms with E-state index in [4.69, 9.17) is 15.2 Å². The smallest absolute Gasteiger partial charge is 0.333 e. The molecule has 0 radical (unpaired) electrons. The lowest BCUT2D eigenvalue weighted by molar-refractivity contribution is -0.143. The lowest BCUT2D eigenvalue weighted by Gasteiger charge is -2.26. The van der Waals surface area contributed by atoms with Crippen molar-refractivity contribution in [1.82, 2.24) is 4.31 Å². The summed E-state index contributed by atoms with van der Waals surface area (Å²) < 4.78 is 12.3. The third-order valence-corrected chi connectivity index (χ3v) is 4.02. The number of rotatable bonds is 10. The fourth-order valence-electron chi connectivity index (χ4n) is 1.86. The van der Waals surface area contributed by atoms with Gasteiger partial charge in [-0.3, -0.25) is 4.79 Å². The average Bonchev–Trinajstić information content (AvgIpc) is 2.49. The number of ether oxygens (including phenoxy) is 2. The van der Waals surface area contributed by atoms with Gasteiger partial charge in [-0.1, -0.05) is 6.58 Å². The first kappa shape index (κ1) is 20.1. The average molecular weight is 352 g/mol. The predicted octanol–water partition coefficient (Wildman–Crippen LogP) is 2.65. The van der Waals surface area contributed by atoms with Crippen LogP contribution in [0.4, 0.5) is 5.69 Å². The summed E-state index contributed by atoms with van der Waals surface area (Å²) in [6.07, 6.45) is -0.619. The zero-order valence-corrected chi connectivity index (χ0v) is 15.0. The monoisotopic (exact) mass is 352 g/mol. The van der Waals surface area contributed by atoms with E-state index < -0.39 is 5.97 Å². The van der Waals surface area contributed by atoms with Crippen LogP contribution in [0, 0.1) is 0 Å². The summed E-state index contributed by atoms with van der Waals surface area (Å²) in [4.78, 5) is 23.1. The van der Waals surface area contributed by atoms with Crippen LogP contribution in [-0.2, 0) is 19.1 Å². The molecule has 0 aliphatic carbocycles. The van der Waals surface area contributed by atoms with Crippen molar-refractivity contribution in [3.8, 4) is 0 Å². The molecule has 0 amide bonds. The van der Waals surface area contributed by atoms with Crippen LogP contribution < -0.4 is 5.73 Å². The molecule has 2 unspecified atom stereocenters. The van der Waals surface area contributed by atoms with Gasteiger partial charge in [0, 0.05) is 29.2 Å². The van der Waals surface area contributed by atoms with Gasteiger partial charge in [-0.25, -0.2) is 9.10 Å². The van der Waals surface area contributed by atoms with Crippen molar-refractivity contribution in [2.75, 3.05) is 18.8 Å². The van der Waals surface area contributed by atoms with Crippen molar-refractivity contribution in [3.63, 3.8) is 0 Å². The molecule has 1 rings (SSSR count). The quantitative estimate of drug-likeness (QED) is 0.228. The second kappa shape index (κ2) is 10.00. The molecule has 0 aromatic heterocycles. The number of carbonyl (C=O) groups is 2. The Hall–Kier alpha value is -1.99. The number of anilines is 1. The minimum Gasteiger partial charge on any atom is -0.463 e. The normalized spacial score (nSPS) is 13.2.